The number of rotatable bonds is 4. The Labute approximate surface area is 90.5 Å². The van der Waals surface area contributed by atoms with Crippen LogP contribution in [0.2, 0.25) is 0 Å². The van der Waals surface area contributed by atoms with Gasteiger partial charge in [-0.25, -0.2) is 0 Å². The van der Waals surface area contributed by atoms with Gasteiger partial charge in [0.05, 0.1) is 0 Å². The maximum Gasteiger partial charge on any atom is 0.222 e. The first-order chi connectivity index (χ1) is 6.87. The highest BCUT2D eigenvalue weighted by molar-refractivity contribution is 5.77. The number of aryl methyl sites for hydroxylation is 1. The first-order valence-electron chi connectivity index (χ1n) is 5.03. The summed E-state index contributed by atoms with van der Waals surface area (Å²) in [5.74, 6) is -0.00801. The predicted molar refractivity (Wildman–Crippen MR) is 60.1 cm³/mol. The second kappa shape index (κ2) is 4.49. The summed E-state index contributed by atoms with van der Waals surface area (Å²) in [6.07, 6.45) is 4.28. The maximum absolute atomic E-state index is 11.4. The Morgan fingerprint density at radius 2 is 2.27 bits per heavy atom. The lowest BCUT2D eigenvalue weighted by Gasteiger charge is -2.17. The highest BCUT2D eigenvalue weighted by Crippen LogP contribution is 2.04. The Kier molecular flexibility index (Phi) is 3.52. The van der Waals surface area contributed by atoms with E-state index < -0.39 is 5.54 Å². The van der Waals surface area contributed by atoms with E-state index in [2.05, 4.69) is 5.32 Å². The number of nitrogens with two attached hydrogens (primary N) is 1. The molecule has 84 valence electrons. The fraction of sp³-hybridized carbons (Fsp3) is 0.545. The van der Waals surface area contributed by atoms with E-state index in [0.29, 0.717) is 13.0 Å². The molecule has 0 spiro atoms. The lowest BCUT2D eigenvalue weighted by Crippen LogP contribution is -2.38. The van der Waals surface area contributed by atoms with Crippen molar-refractivity contribution in [3.63, 3.8) is 0 Å². The molecule has 1 heterocycles. The quantitative estimate of drug-likeness (QED) is 0.769. The number of hydrogen-bond donors (Lipinski definition) is 2. The van der Waals surface area contributed by atoms with Gasteiger partial charge in [0.2, 0.25) is 5.91 Å². The second-order valence-electron chi connectivity index (χ2n) is 4.63. The van der Waals surface area contributed by atoms with Gasteiger partial charge in [0, 0.05) is 37.9 Å². The van der Waals surface area contributed by atoms with Gasteiger partial charge in [-0.05, 0) is 25.5 Å². The minimum atomic E-state index is -0.444. The highest BCUT2D eigenvalue weighted by Gasteiger charge is 2.15. The SMILES string of the molecule is Cn1ccc(CNC(=O)CC(C)(C)N)c1. The molecule has 3 N–H and O–H groups in total. The summed E-state index contributed by atoms with van der Waals surface area (Å²) in [5, 5.41) is 2.84. The van der Waals surface area contributed by atoms with Gasteiger partial charge in [-0.1, -0.05) is 0 Å². The van der Waals surface area contributed by atoms with E-state index in [9.17, 15) is 4.79 Å². The third-order valence-corrected chi connectivity index (χ3v) is 2.00. The zero-order valence-corrected chi connectivity index (χ0v) is 9.58. The van der Waals surface area contributed by atoms with Crippen molar-refractivity contribution in [2.75, 3.05) is 0 Å². The lowest BCUT2D eigenvalue weighted by molar-refractivity contribution is -0.122. The molecule has 0 aliphatic carbocycles. The zero-order valence-electron chi connectivity index (χ0n) is 9.58. The molecule has 4 heteroatoms. The minimum absolute atomic E-state index is 0.00801. The van der Waals surface area contributed by atoms with Crippen LogP contribution in [0.4, 0.5) is 0 Å². The van der Waals surface area contributed by atoms with Crippen LogP contribution in [0.5, 0.6) is 0 Å². The van der Waals surface area contributed by atoms with E-state index >= 15 is 0 Å². The zero-order chi connectivity index (χ0) is 11.5. The van der Waals surface area contributed by atoms with Crippen LogP contribution in [0.1, 0.15) is 25.8 Å². The molecule has 0 saturated heterocycles. The van der Waals surface area contributed by atoms with Crippen LogP contribution >= 0.6 is 0 Å². The number of carbonyl (C=O) groups is 1. The highest BCUT2D eigenvalue weighted by atomic mass is 16.1. The summed E-state index contributed by atoms with van der Waals surface area (Å²) >= 11 is 0. The fourth-order valence-electron chi connectivity index (χ4n) is 1.34. The molecule has 1 aromatic rings. The minimum Gasteiger partial charge on any atom is -0.357 e. The molecule has 1 amide bonds. The van der Waals surface area contributed by atoms with Gasteiger partial charge < -0.3 is 15.6 Å². The van der Waals surface area contributed by atoms with E-state index in [4.69, 9.17) is 5.73 Å². The molecular formula is C11H19N3O. The summed E-state index contributed by atoms with van der Waals surface area (Å²) in [6, 6.07) is 1.98. The molecule has 4 nitrogen and oxygen atoms in total. The van der Waals surface area contributed by atoms with Gasteiger partial charge in [-0.3, -0.25) is 4.79 Å². The van der Waals surface area contributed by atoms with Crippen LogP contribution < -0.4 is 11.1 Å². The molecule has 0 saturated carbocycles. The number of nitrogens with zero attached hydrogens (tertiary/aromatic N) is 1. The van der Waals surface area contributed by atoms with E-state index in [1.165, 1.54) is 0 Å². The number of carbonyl (C=O) groups excluding carboxylic acids is 1. The lowest BCUT2D eigenvalue weighted by atomic mass is 10.0. The Balaban J connectivity index is 2.35. The molecule has 0 aromatic carbocycles. The monoisotopic (exact) mass is 209 g/mol. The first kappa shape index (κ1) is 11.8. The van der Waals surface area contributed by atoms with Crippen LogP contribution in [-0.2, 0) is 18.4 Å². The molecule has 0 atom stereocenters. The smallest absolute Gasteiger partial charge is 0.222 e. The van der Waals surface area contributed by atoms with Crippen LogP contribution in [-0.4, -0.2) is 16.0 Å². The van der Waals surface area contributed by atoms with Crippen LogP contribution in [0.25, 0.3) is 0 Å². The number of aromatic nitrogens is 1. The third kappa shape index (κ3) is 4.65. The van der Waals surface area contributed by atoms with Gasteiger partial charge in [-0.15, -0.1) is 0 Å². The Bertz CT molecular complexity index is 336. The summed E-state index contributed by atoms with van der Waals surface area (Å²) < 4.78 is 1.95. The van der Waals surface area contributed by atoms with Crippen molar-refractivity contribution in [1.29, 1.82) is 0 Å². The van der Waals surface area contributed by atoms with Crippen molar-refractivity contribution < 1.29 is 4.79 Å². The molecule has 0 aliphatic rings. The van der Waals surface area contributed by atoms with Gasteiger partial charge in [0.15, 0.2) is 0 Å². The van der Waals surface area contributed by atoms with E-state index in [0.717, 1.165) is 5.56 Å². The first-order valence-corrected chi connectivity index (χ1v) is 5.03. The predicted octanol–water partition coefficient (Wildman–Crippen LogP) is 0.769. The molecule has 15 heavy (non-hydrogen) atoms. The average molecular weight is 209 g/mol. The van der Waals surface area contributed by atoms with Crippen LogP contribution in [0.15, 0.2) is 18.5 Å². The van der Waals surface area contributed by atoms with Crippen molar-refractivity contribution in [2.45, 2.75) is 32.4 Å². The molecule has 0 unspecified atom stereocenters. The summed E-state index contributed by atoms with van der Waals surface area (Å²) in [4.78, 5) is 11.4. The summed E-state index contributed by atoms with van der Waals surface area (Å²) in [7, 11) is 1.95. The van der Waals surface area contributed by atoms with Crippen LogP contribution in [0.3, 0.4) is 0 Å². The molecule has 1 rings (SSSR count). The Hall–Kier alpha value is -1.29. The maximum atomic E-state index is 11.4. The molecule has 0 aliphatic heterocycles. The van der Waals surface area contributed by atoms with E-state index in [-0.39, 0.29) is 5.91 Å². The van der Waals surface area contributed by atoms with Gasteiger partial charge in [0.25, 0.3) is 0 Å². The van der Waals surface area contributed by atoms with Crippen molar-refractivity contribution in [3.8, 4) is 0 Å². The molecular weight excluding hydrogens is 190 g/mol. The normalized spacial score (nSPS) is 11.5. The topological polar surface area (TPSA) is 60.0 Å². The van der Waals surface area contributed by atoms with Crippen molar-refractivity contribution >= 4 is 5.91 Å². The molecule has 1 aromatic heterocycles. The van der Waals surface area contributed by atoms with Crippen molar-refractivity contribution in [1.82, 2.24) is 9.88 Å². The van der Waals surface area contributed by atoms with Crippen molar-refractivity contribution in [3.05, 3.63) is 24.0 Å². The fourth-order valence-corrected chi connectivity index (χ4v) is 1.34. The summed E-state index contributed by atoms with van der Waals surface area (Å²) in [5.41, 5.74) is 6.40. The second-order valence-corrected chi connectivity index (χ2v) is 4.63. The molecule has 0 radical (unpaired) electrons. The van der Waals surface area contributed by atoms with Gasteiger partial charge in [-0.2, -0.15) is 0 Å². The molecule has 0 bridgehead atoms. The standard InChI is InChI=1S/C11H19N3O/c1-11(2,12)6-10(15)13-7-9-4-5-14(3)8-9/h4-5,8H,6-7,12H2,1-3H3,(H,13,15). The summed E-state index contributed by atoms with van der Waals surface area (Å²) in [6.45, 7) is 4.25. The van der Waals surface area contributed by atoms with Crippen molar-refractivity contribution in [2.24, 2.45) is 12.8 Å². The van der Waals surface area contributed by atoms with E-state index in [1.54, 1.807) is 0 Å². The largest absolute Gasteiger partial charge is 0.357 e. The van der Waals surface area contributed by atoms with Crippen LogP contribution in [0, 0.1) is 0 Å². The average Bonchev–Trinajstić information content (AvgIpc) is 2.45. The third-order valence-electron chi connectivity index (χ3n) is 2.00. The Morgan fingerprint density at radius 1 is 1.60 bits per heavy atom. The number of nitrogens with one attached hydrogen (secondary N) is 1. The van der Waals surface area contributed by atoms with Gasteiger partial charge >= 0.3 is 0 Å². The Morgan fingerprint density at radius 3 is 2.73 bits per heavy atom. The van der Waals surface area contributed by atoms with E-state index in [1.807, 2.05) is 43.9 Å². The van der Waals surface area contributed by atoms with Gasteiger partial charge in [0.1, 0.15) is 0 Å². The number of hydrogen-bond acceptors (Lipinski definition) is 2. The molecule has 0 fully saturated rings. The number of amides is 1.